The molecule has 8 heteroatoms. The quantitative estimate of drug-likeness (QED) is 0.262. The standard InChI is InChI=1S/C23H20N4O3S/c28-20(24-14-15-30-18-10-5-2-6-11-18)16-31-23-26-21-19(12-7-13-25-21)22(29)27(23)17-8-3-1-4-9-17/h1-13H,14-16H2,(H,24,28). The van der Waals surface area contributed by atoms with Crippen molar-refractivity contribution in [1.29, 1.82) is 0 Å². The van der Waals surface area contributed by atoms with Crippen molar-refractivity contribution in [2.45, 2.75) is 5.16 Å². The first-order chi connectivity index (χ1) is 15.2. The summed E-state index contributed by atoms with van der Waals surface area (Å²) in [6.07, 6.45) is 1.59. The van der Waals surface area contributed by atoms with Crippen molar-refractivity contribution in [3.8, 4) is 11.4 Å². The Morgan fingerprint density at radius 3 is 2.52 bits per heavy atom. The molecule has 0 saturated carbocycles. The average molecular weight is 433 g/mol. The molecule has 2 aromatic heterocycles. The van der Waals surface area contributed by atoms with E-state index in [9.17, 15) is 9.59 Å². The predicted octanol–water partition coefficient (Wildman–Crippen LogP) is 3.07. The Kier molecular flexibility index (Phi) is 6.59. The molecule has 0 fully saturated rings. The molecule has 0 bridgehead atoms. The minimum absolute atomic E-state index is 0.114. The van der Waals surface area contributed by atoms with Crippen LogP contribution in [0.3, 0.4) is 0 Å². The summed E-state index contributed by atoms with van der Waals surface area (Å²) >= 11 is 1.19. The van der Waals surface area contributed by atoms with Crippen molar-refractivity contribution >= 4 is 28.7 Å². The zero-order chi connectivity index (χ0) is 21.5. The molecule has 0 unspecified atom stereocenters. The summed E-state index contributed by atoms with van der Waals surface area (Å²) in [7, 11) is 0. The van der Waals surface area contributed by atoms with E-state index in [4.69, 9.17) is 4.74 Å². The van der Waals surface area contributed by atoms with Crippen LogP contribution < -0.4 is 15.6 Å². The monoisotopic (exact) mass is 432 g/mol. The zero-order valence-corrected chi connectivity index (χ0v) is 17.4. The van der Waals surface area contributed by atoms with Crippen LogP contribution in [0.5, 0.6) is 5.75 Å². The van der Waals surface area contributed by atoms with Crippen LogP contribution in [0.25, 0.3) is 16.7 Å². The normalized spacial score (nSPS) is 10.7. The Morgan fingerprint density at radius 1 is 1.00 bits per heavy atom. The third-order valence-corrected chi connectivity index (χ3v) is 5.33. The first-order valence-electron chi connectivity index (χ1n) is 9.73. The van der Waals surface area contributed by atoms with Gasteiger partial charge in [-0.1, -0.05) is 48.2 Å². The Hall–Kier alpha value is -3.65. The van der Waals surface area contributed by atoms with Gasteiger partial charge in [0, 0.05) is 6.20 Å². The number of para-hydroxylation sites is 2. The van der Waals surface area contributed by atoms with Crippen molar-refractivity contribution in [3.05, 3.63) is 89.3 Å². The Balaban J connectivity index is 1.45. The summed E-state index contributed by atoms with van der Waals surface area (Å²) < 4.78 is 7.09. The molecule has 1 amide bonds. The van der Waals surface area contributed by atoms with Gasteiger partial charge in [-0.3, -0.25) is 14.2 Å². The number of fused-ring (bicyclic) bond motifs is 1. The molecule has 0 aliphatic rings. The molecular formula is C23H20N4O3S. The summed E-state index contributed by atoms with van der Waals surface area (Å²) in [4.78, 5) is 34.1. The van der Waals surface area contributed by atoms with Gasteiger partial charge in [0.15, 0.2) is 10.8 Å². The minimum Gasteiger partial charge on any atom is -0.492 e. The topological polar surface area (TPSA) is 86.1 Å². The van der Waals surface area contributed by atoms with E-state index in [1.54, 1.807) is 18.3 Å². The van der Waals surface area contributed by atoms with Gasteiger partial charge in [0.25, 0.3) is 5.56 Å². The highest BCUT2D eigenvalue weighted by atomic mass is 32.2. The molecule has 1 N–H and O–H groups in total. The lowest BCUT2D eigenvalue weighted by atomic mass is 10.3. The van der Waals surface area contributed by atoms with Crippen LogP contribution >= 0.6 is 11.8 Å². The van der Waals surface area contributed by atoms with Gasteiger partial charge in [-0.25, -0.2) is 9.97 Å². The molecule has 0 aliphatic heterocycles. The minimum atomic E-state index is -0.219. The predicted molar refractivity (Wildman–Crippen MR) is 121 cm³/mol. The molecule has 4 rings (SSSR count). The molecule has 0 radical (unpaired) electrons. The van der Waals surface area contributed by atoms with Crippen molar-refractivity contribution in [2.24, 2.45) is 0 Å². The van der Waals surface area contributed by atoms with E-state index in [0.29, 0.717) is 35.0 Å². The Labute approximate surface area is 183 Å². The third-order valence-electron chi connectivity index (χ3n) is 4.40. The summed E-state index contributed by atoms with van der Waals surface area (Å²) in [5, 5.41) is 3.66. The molecule has 0 saturated heterocycles. The molecule has 0 atom stereocenters. The molecule has 156 valence electrons. The van der Waals surface area contributed by atoms with Crippen molar-refractivity contribution in [2.75, 3.05) is 18.9 Å². The lowest BCUT2D eigenvalue weighted by Crippen LogP contribution is -2.30. The lowest BCUT2D eigenvalue weighted by Gasteiger charge is -2.13. The van der Waals surface area contributed by atoms with E-state index < -0.39 is 0 Å². The van der Waals surface area contributed by atoms with Gasteiger partial charge < -0.3 is 10.1 Å². The number of amides is 1. The second-order valence-electron chi connectivity index (χ2n) is 6.55. The number of carbonyl (C=O) groups is 1. The van der Waals surface area contributed by atoms with Crippen LogP contribution in [-0.4, -0.2) is 39.3 Å². The first-order valence-corrected chi connectivity index (χ1v) is 10.7. The fraction of sp³-hybridized carbons (Fsp3) is 0.130. The summed E-state index contributed by atoms with van der Waals surface area (Å²) in [6.45, 7) is 0.750. The number of aromatic nitrogens is 3. The number of hydrogen-bond donors (Lipinski definition) is 1. The van der Waals surface area contributed by atoms with E-state index in [0.717, 1.165) is 5.75 Å². The molecule has 0 spiro atoms. The van der Waals surface area contributed by atoms with Crippen LogP contribution in [0.1, 0.15) is 0 Å². The van der Waals surface area contributed by atoms with Gasteiger partial charge in [0.1, 0.15) is 12.4 Å². The second kappa shape index (κ2) is 9.90. The second-order valence-corrected chi connectivity index (χ2v) is 7.49. The van der Waals surface area contributed by atoms with Gasteiger partial charge in [0.05, 0.1) is 23.4 Å². The fourth-order valence-electron chi connectivity index (χ4n) is 2.96. The van der Waals surface area contributed by atoms with E-state index in [1.165, 1.54) is 16.3 Å². The van der Waals surface area contributed by atoms with E-state index in [-0.39, 0.29) is 17.2 Å². The van der Waals surface area contributed by atoms with Gasteiger partial charge in [0.2, 0.25) is 5.91 Å². The Bertz CT molecular complexity index is 1230. The number of rotatable bonds is 8. The van der Waals surface area contributed by atoms with Gasteiger partial charge >= 0.3 is 0 Å². The number of nitrogens with zero attached hydrogens (tertiary/aromatic N) is 3. The van der Waals surface area contributed by atoms with Crippen molar-refractivity contribution in [1.82, 2.24) is 19.9 Å². The third kappa shape index (κ3) is 5.10. The molecule has 2 aromatic carbocycles. The number of benzene rings is 2. The van der Waals surface area contributed by atoms with Crippen LogP contribution in [-0.2, 0) is 4.79 Å². The van der Waals surface area contributed by atoms with Crippen molar-refractivity contribution in [3.63, 3.8) is 0 Å². The summed E-state index contributed by atoms with van der Waals surface area (Å²) in [6, 6.07) is 22.1. The molecule has 2 heterocycles. The zero-order valence-electron chi connectivity index (χ0n) is 16.6. The summed E-state index contributed by atoms with van der Waals surface area (Å²) in [5.74, 6) is 0.700. The molecule has 4 aromatic rings. The maximum atomic E-state index is 13.1. The van der Waals surface area contributed by atoms with Gasteiger partial charge in [-0.15, -0.1) is 0 Å². The summed E-state index contributed by atoms with van der Waals surface area (Å²) in [5.41, 5.74) is 0.826. The van der Waals surface area contributed by atoms with Gasteiger partial charge in [-0.2, -0.15) is 0 Å². The largest absolute Gasteiger partial charge is 0.492 e. The molecular weight excluding hydrogens is 412 g/mol. The van der Waals surface area contributed by atoms with Crippen LogP contribution in [0.2, 0.25) is 0 Å². The fourth-order valence-corrected chi connectivity index (χ4v) is 3.79. The number of ether oxygens (including phenoxy) is 1. The lowest BCUT2D eigenvalue weighted by molar-refractivity contribution is -0.118. The maximum Gasteiger partial charge on any atom is 0.268 e. The number of carbonyl (C=O) groups excluding carboxylic acids is 1. The van der Waals surface area contributed by atoms with E-state index in [1.807, 2.05) is 60.7 Å². The highest BCUT2D eigenvalue weighted by Gasteiger charge is 2.15. The van der Waals surface area contributed by atoms with E-state index >= 15 is 0 Å². The molecule has 0 aliphatic carbocycles. The molecule has 31 heavy (non-hydrogen) atoms. The first kappa shape index (κ1) is 20.6. The van der Waals surface area contributed by atoms with Crippen LogP contribution in [0.4, 0.5) is 0 Å². The highest BCUT2D eigenvalue weighted by Crippen LogP contribution is 2.20. The van der Waals surface area contributed by atoms with E-state index in [2.05, 4.69) is 15.3 Å². The van der Waals surface area contributed by atoms with Crippen LogP contribution in [0, 0.1) is 0 Å². The smallest absolute Gasteiger partial charge is 0.268 e. The number of nitrogens with one attached hydrogen (secondary N) is 1. The number of thioether (sulfide) groups is 1. The molecule has 7 nitrogen and oxygen atoms in total. The highest BCUT2D eigenvalue weighted by molar-refractivity contribution is 7.99. The number of hydrogen-bond acceptors (Lipinski definition) is 6. The van der Waals surface area contributed by atoms with Crippen molar-refractivity contribution < 1.29 is 9.53 Å². The van der Waals surface area contributed by atoms with Crippen LogP contribution in [0.15, 0.2) is 88.9 Å². The maximum absolute atomic E-state index is 13.1. The van der Waals surface area contributed by atoms with Gasteiger partial charge in [-0.05, 0) is 36.4 Å². The number of pyridine rings is 1. The SMILES string of the molecule is O=C(CSc1nc2ncccc2c(=O)n1-c1ccccc1)NCCOc1ccccc1. The average Bonchev–Trinajstić information content (AvgIpc) is 2.82. The Morgan fingerprint density at radius 2 is 1.74 bits per heavy atom.